The molecule has 1 aliphatic heterocycles. The van der Waals surface area contributed by atoms with Gasteiger partial charge in [-0.25, -0.2) is 0 Å². The smallest absolute Gasteiger partial charge is 0.146 e. The molecular weight excluding hydrogens is 345 g/mol. The summed E-state index contributed by atoms with van der Waals surface area (Å²) in [5.41, 5.74) is -0.0647. The zero-order valence-corrected chi connectivity index (χ0v) is 17.3. The maximum atomic E-state index is 6.84. The Morgan fingerprint density at radius 2 is 1.20 bits per heavy atom. The monoisotopic (exact) mass is 373 g/mol. The Hall–Kier alpha value is -0.990. The lowest BCUT2D eigenvalue weighted by atomic mass is 9.82. The van der Waals surface area contributed by atoms with E-state index in [1.807, 2.05) is 12.1 Å². The molecule has 2 nitrogen and oxygen atoms in total. The van der Waals surface area contributed by atoms with E-state index in [9.17, 15) is 0 Å². The van der Waals surface area contributed by atoms with E-state index in [1.165, 1.54) is 6.42 Å². The highest BCUT2D eigenvalue weighted by Gasteiger charge is 2.45. The Bertz CT molecular complexity index is 698. The second kappa shape index (κ2) is 6.96. The van der Waals surface area contributed by atoms with Crippen molar-refractivity contribution in [2.75, 3.05) is 0 Å². The molecule has 1 saturated heterocycles. The summed E-state index contributed by atoms with van der Waals surface area (Å²) in [6, 6.07) is 20.7. The molecule has 0 amide bonds. The zero-order chi connectivity index (χ0) is 18.1. The molecular formula is C21H28NOPS. The zero-order valence-electron chi connectivity index (χ0n) is 15.6. The number of benzene rings is 2. The molecule has 25 heavy (non-hydrogen) atoms. The molecule has 0 saturated carbocycles. The number of rotatable bonds is 4. The van der Waals surface area contributed by atoms with Gasteiger partial charge >= 0.3 is 0 Å². The average molecular weight is 374 g/mol. The summed E-state index contributed by atoms with van der Waals surface area (Å²) >= 11 is 6.27. The van der Waals surface area contributed by atoms with Gasteiger partial charge in [-0.2, -0.15) is 5.06 Å². The van der Waals surface area contributed by atoms with Crippen molar-refractivity contribution in [1.82, 2.24) is 5.06 Å². The van der Waals surface area contributed by atoms with Crippen LogP contribution in [0, 0.1) is 0 Å². The van der Waals surface area contributed by atoms with Crippen LogP contribution < -0.4 is 10.6 Å². The average Bonchev–Trinajstić information content (AvgIpc) is 2.59. The fourth-order valence-corrected chi connectivity index (χ4v) is 7.02. The van der Waals surface area contributed by atoms with Crippen molar-refractivity contribution in [1.29, 1.82) is 0 Å². The molecule has 0 spiro atoms. The quantitative estimate of drug-likeness (QED) is 0.699. The van der Waals surface area contributed by atoms with Crippen LogP contribution in [0.5, 0.6) is 0 Å². The first-order valence-electron chi connectivity index (χ1n) is 8.97. The second-order valence-corrected chi connectivity index (χ2v) is 11.9. The first kappa shape index (κ1) is 18.8. The lowest BCUT2D eigenvalue weighted by Gasteiger charge is -2.52. The summed E-state index contributed by atoms with van der Waals surface area (Å²) in [5, 5.41) is 4.42. The van der Waals surface area contributed by atoms with Crippen LogP contribution in [0.2, 0.25) is 0 Å². The Morgan fingerprint density at radius 3 is 1.60 bits per heavy atom. The number of hydrogen-bond donors (Lipinski definition) is 0. The molecule has 0 atom stereocenters. The molecule has 1 fully saturated rings. The molecule has 4 heteroatoms. The van der Waals surface area contributed by atoms with E-state index < -0.39 is 6.26 Å². The maximum Gasteiger partial charge on any atom is 0.146 e. The number of hydrogen-bond acceptors (Lipinski definition) is 3. The Morgan fingerprint density at radius 1 is 0.800 bits per heavy atom. The topological polar surface area (TPSA) is 12.5 Å². The summed E-state index contributed by atoms with van der Waals surface area (Å²) in [5.74, 6) is 0. The van der Waals surface area contributed by atoms with Crippen molar-refractivity contribution >= 4 is 28.7 Å². The molecule has 0 aliphatic carbocycles. The van der Waals surface area contributed by atoms with Gasteiger partial charge in [-0.1, -0.05) is 72.5 Å². The van der Waals surface area contributed by atoms with Crippen LogP contribution in [0.15, 0.2) is 60.7 Å². The Kier molecular flexibility index (Phi) is 5.23. The Labute approximate surface area is 157 Å². The van der Waals surface area contributed by atoms with Gasteiger partial charge in [0.1, 0.15) is 6.26 Å². The first-order valence-corrected chi connectivity index (χ1v) is 11.7. The van der Waals surface area contributed by atoms with Gasteiger partial charge in [0, 0.05) is 21.7 Å². The molecule has 0 radical (unpaired) electrons. The van der Waals surface area contributed by atoms with Crippen molar-refractivity contribution in [3.05, 3.63) is 60.7 Å². The normalized spacial score (nSPS) is 20.3. The fourth-order valence-electron chi connectivity index (χ4n) is 3.80. The fraction of sp³-hybridized carbons (Fsp3) is 0.429. The third-order valence-electron chi connectivity index (χ3n) is 5.07. The highest BCUT2D eigenvalue weighted by atomic mass is 32.4. The van der Waals surface area contributed by atoms with Crippen LogP contribution in [0.25, 0.3) is 0 Å². The number of nitrogens with zero attached hydrogens (tertiary/aromatic N) is 1. The van der Waals surface area contributed by atoms with Gasteiger partial charge < -0.3 is 0 Å². The molecule has 1 heterocycles. The molecule has 0 unspecified atom stereocenters. The molecule has 1 aliphatic rings. The predicted octanol–water partition coefficient (Wildman–Crippen LogP) is 5.01. The summed E-state index contributed by atoms with van der Waals surface area (Å²) in [6.07, 6.45) is 1.07. The van der Waals surface area contributed by atoms with E-state index >= 15 is 0 Å². The van der Waals surface area contributed by atoms with Crippen LogP contribution in [0.4, 0.5) is 0 Å². The van der Waals surface area contributed by atoms with Crippen molar-refractivity contribution < 1.29 is 4.62 Å². The van der Waals surface area contributed by atoms with Crippen molar-refractivity contribution in [2.45, 2.75) is 58.0 Å². The molecule has 0 aromatic heterocycles. The minimum atomic E-state index is -2.39. The summed E-state index contributed by atoms with van der Waals surface area (Å²) < 4.78 is 6.84. The number of piperidine rings is 1. The van der Waals surface area contributed by atoms with Crippen LogP contribution in [-0.4, -0.2) is 16.1 Å². The molecule has 3 rings (SSSR count). The van der Waals surface area contributed by atoms with Crippen molar-refractivity contribution in [3.8, 4) is 0 Å². The molecule has 2 aromatic rings. The minimum absolute atomic E-state index is 0.0324. The van der Waals surface area contributed by atoms with E-state index in [0.717, 1.165) is 23.5 Å². The van der Waals surface area contributed by atoms with Crippen LogP contribution in [0.3, 0.4) is 0 Å². The van der Waals surface area contributed by atoms with Gasteiger partial charge in [-0.05, 0) is 47.0 Å². The SMILES string of the molecule is CC1(C)CCCC(C)(C)N1OP(=S)(c1ccccc1)c1ccccc1. The lowest BCUT2D eigenvalue weighted by Crippen LogP contribution is -2.58. The third-order valence-corrected chi connectivity index (χ3v) is 8.88. The third kappa shape index (κ3) is 3.75. The van der Waals surface area contributed by atoms with Gasteiger partial charge in [-0.3, -0.25) is 4.62 Å². The van der Waals surface area contributed by atoms with E-state index in [0.29, 0.717) is 0 Å². The van der Waals surface area contributed by atoms with E-state index in [1.54, 1.807) is 0 Å². The highest BCUT2D eigenvalue weighted by molar-refractivity contribution is 8.19. The summed E-state index contributed by atoms with van der Waals surface area (Å²) in [7, 11) is 0. The van der Waals surface area contributed by atoms with Gasteiger partial charge in [0.05, 0.1) is 0 Å². The molecule has 134 valence electrons. The van der Waals surface area contributed by atoms with Gasteiger partial charge in [0.2, 0.25) is 0 Å². The van der Waals surface area contributed by atoms with Crippen LogP contribution >= 0.6 is 6.26 Å². The van der Waals surface area contributed by atoms with Crippen molar-refractivity contribution in [2.24, 2.45) is 0 Å². The van der Waals surface area contributed by atoms with Gasteiger partial charge in [0.15, 0.2) is 0 Å². The maximum absolute atomic E-state index is 6.84. The Balaban J connectivity index is 2.09. The lowest BCUT2D eigenvalue weighted by molar-refractivity contribution is -0.210. The molecule has 0 N–H and O–H groups in total. The van der Waals surface area contributed by atoms with Crippen LogP contribution in [-0.2, 0) is 16.4 Å². The van der Waals surface area contributed by atoms with E-state index in [4.69, 9.17) is 16.4 Å². The predicted molar refractivity (Wildman–Crippen MR) is 111 cm³/mol. The van der Waals surface area contributed by atoms with Crippen LogP contribution in [0.1, 0.15) is 47.0 Å². The van der Waals surface area contributed by atoms with Crippen molar-refractivity contribution in [3.63, 3.8) is 0 Å². The standard InChI is InChI=1S/C21H28NOPS/c1-20(2)16-11-17-21(3,4)22(20)23-24(25,18-12-7-5-8-13-18)19-14-9-6-10-15-19/h5-10,12-15H,11,16-17H2,1-4H3. The first-order chi connectivity index (χ1) is 11.8. The van der Waals surface area contributed by atoms with E-state index in [2.05, 4.69) is 81.3 Å². The van der Waals surface area contributed by atoms with Gasteiger partial charge in [0.25, 0.3) is 0 Å². The summed E-state index contributed by atoms with van der Waals surface area (Å²) in [4.78, 5) is 0. The molecule has 2 aromatic carbocycles. The second-order valence-electron chi connectivity index (χ2n) is 8.08. The highest BCUT2D eigenvalue weighted by Crippen LogP contribution is 2.51. The number of hydroxylamine groups is 2. The largest absolute Gasteiger partial charge is 0.258 e. The molecule has 0 bridgehead atoms. The van der Waals surface area contributed by atoms with Gasteiger partial charge in [-0.15, -0.1) is 0 Å². The van der Waals surface area contributed by atoms with E-state index in [-0.39, 0.29) is 11.1 Å². The summed E-state index contributed by atoms with van der Waals surface area (Å²) in [6.45, 7) is 9.07. The minimum Gasteiger partial charge on any atom is -0.258 e.